The third-order valence-electron chi connectivity index (χ3n) is 3.39. The fourth-order valence-electron chi connectivity index (χ4n) is 2.41. The van der Waals surface area contributed by atoms with Crippen LogP contribution in [0.15, 0.2) is 22.7 Å². The van der Waals surface area contributed by atoms with E-state index in [-0.39, 0.29) is 18.0 Å². The summed E-state index contributed by atoms with van der Waals surface area (Å²) in [6.07, 6.45) is 1.54. The Morgan fingerprint density at radius 3 is 2.90 bits per heavy atom. The fourth-order valence-corrected chi connectivity index (χ4v) is 2.41. The minimum Gasteiger partial charge on any atom is -0.364 e. The van der Waals surface area contributed by atoms with Crippen LogP contribution < -0.4 is 5.73 Å². The highest BCUT2D eigenvalue weighted by atomic mass is 19.1. The Hall–Kier alpha value is -1.79. The molecular weight excluding hydrogens is 261 g/mol. The first kappa shape index (κ1) is 13.2. The summed E-state index contributed by atoms with van der Waals surface area (Å²) in [6, 6.07) is 4.66. The molecule has 1 aliphatic rings. The van der Waals surface area contributed by atoms with Gasteiger partial charge in [0.1, 0.15) is 11.9 Å². The number of aryl methyl sites for hydroxylation is 1. The highest BCUT2D eigenvalue weighted by Gasteiger charge is 2.30. The third-order valence-corrected chi connectivity index (χ3v) is 3.39. The molecule has 2 atom stereocenters. The number of nitrogens with zero attached hydrogens (tertiary/aromatic N) is 2. The molecular formula is C14H16FN3O2. The van der Waals surface area contributed by atoms with Gasteiger partial charge in [-0.3, -0.25) is 0 Å². The van der Waals surface area contributed by atoms with Crippen LogP contribution in [-0.2, 0) is 4.74 Å². The van der Waals surface area contributed by atoms with Gasteiger partial charge in [0.25, 0.3) is 5.89 Å². The molecule has 1 saturated heterocycles. The number of nitrogens with two attached hydrogens (primary N) is 1. The van der Waals surface area contributed by atoms with Crippen molar-refractivity contribution in [1.29, 1.82) is 0 Å². The van der Waals surface area contributed by atoms with Crippen molar-refractivity contribution in [3.05, 3.63) is 35.5 Å². The first-order chi connectivity index (χ1) is 9.65. The van der Waals surface area contributed by atoms with Crippen molar-refractivity contribution in [3.63, 3.8) is 0 Å². The maximum absolute atomic E-state index is 13.4. The molecule has 1 aromatic heterocycles. The van der Waals surface area contributed by atoms with Crippen LogP contribution in [0.4, 0.5) is 4.39 Å². The summed E-state index contributed by atoms with van der Waals surface area (Å²) in [7, 11) is 0. The summed E-state index contributed by atoms with van der Waals surface area (Å²) in [4.78, 5) is 4.30. The lowest BCUT2D eigenvalue weighted by molar-refractivity contribution is 0.0307. The molecule has 1 fully saturated rings. The predicted octanol–water partition coefficient (Wildman–Crippen LogP) is 2.36. The van der Waals surface area contributed by atoms with Gasteiger partial charge in [-0.15, -0.1) is 0 Å². The van der Waals surface area contributed by atoms with Crippen LogP contribution in [0.3, 0.4) is 0 Å². The topological polar surface area (TPSA) is 74.2 Å². The van der Waals surface area contributed by atoms with Crippen LogP contribution in [0, 0.1) is 12.7 Å². The second kappa shape index (κ2) is 5.30. The molecule has 20 heavy (non-hydrogen) atoms. The van der Waals surface area contributed by atoms with E-state index in [1.54, 1.807) is 0 Å². The molecule has 6 heteroatoms. The summed E-state index contributed by atoms with van der Waals surface area (Å²) in [5, 5.41) is 3.90. The third kappa shape index (κ3) is 2.57. The summed E-state index contributed by atoms with van der Waals surface area (Å²) in [5.41, 5.74) is 6.98. The van der Waals surface area contributed by atoms with E-state index in [1.165, 1.54) is 12.1 Å². The van der Waals surface area contributed by atoms with Gasteiger partial charge < -0.3 is 15.0 Å². The van der Waals surface area contributed by atoms with Crippen molar-refractivity contribution >= 4 is 0 Å². The Kier molecular flexibility index (Phi) is 3.50. The Morgan fingerprint density at radius 1 is 1.35 bits per heavy atom. The Bertz CT molecular complexity index is 594. The molecule has 0 radical (unpaired) electrons. The number of halogens is 1. The molecule has 0 bridgehead atoms. The van der Waals surface area contributed by atoms with Gasteiger partial charge in [0, 0.05) is 12.1 Å². The van der Waals surface area contributed by atoms with E-state index in [2.05, 4.69) is 10.1 Å². The number of hydrogen-bond acceptors (Lipinski definition) is 5. The highest BCUT2D eigenvalue weighted by molar-refractivity contribution is 5.55. The number of hydrogen-bond donors (Lipinski definition) is 1. The zero-order chi connectivity index (χ0) is 14.1. The van der Waals surface area contributed by atoms with Crippen LogP contribution >= 0.6 is 0 Å². The van der Waals surface area contributed by atoms with E-state index in [4.69, 9.17) is 15.0 Å². The quantitative estimate of drug-likeness (QED) is 0.932. The van der Waals surface area contributed by atoms with Crippen molar-refractivity contribution in [3.8, 4) is 11.4 Å². The molecule has 0 amide bonds. The van der Waals surface area contributed by atoms with Crippen LogP contribution in [-0.4, -0.2) is 22.8 Å². The van der Waals surface area contributed by atoms with Crippen LogP contribution in [0.25, 0.3) is 11.4 Å². The van der Waals surface area contributed by atoms with E-state index in [9.17, 15) is 4.39 Å². The van der Waals surface area contributed by atoms with Gasteiger partial charge in [-0.1, -0.05) is 5.16 Å². The average molecular weight is 277 g/mol. The van der Waals surface area contributed by atoms with Crippen LogP contribution in [0.2, 0.25) is 0 Å². The molecule has 0 aliphatic carbocycles. The van der Waals surface area contributed by atoms with Gasteiger partial charge >= 0.3 is 0 Å². The SMILES string of the molecule is Cc1cc(F)cc(-c2noc(C3CCC(CN)O3)n2)c1. The lowest BCUT2D eigenvalue weighted by Crippen LogP contribution is -2.18. The number of ether oxygens (including phenoxy) is 1. The van der Waals surface area contributed by atoms with Crippen LogP contribution in [0.5, 0.6) is 0 Å². The summed E-state index contributed by atoms with van der Waals surface area (Å²) >= 11 is 0. The first-order valence-electron chi connectivity index (χ1n) is 6.62. The zero-order valence-corrected chi connectivity index (χ0v) is 11.2. The maximum atomic E-state index is 13.4. The molecule has 3 rings (SSSR count). The number of benzene rings is 1. The second-order valence-corrected chi connectivity index (χ2v) is 5.03. The second-order valence-electron chi connectivity index (χ2n) is 5.03. The fraction of sp³-hybridized carbons (Fsp3) is 0.429. The molecule has 106 valence electrons. The van der Waals surface area contributed by atoms with Gasteiger partial charge in [-0.25, -0.2) is 4.39 Å². The van der Waals surface area contributed by atoms with Crippen molar-refractivity contribution in [2.24, 2.45) is 5.73 Å². The molecule has 1 aliphatic heterocycles. The summed E-state index contributed by atoms with van der Waals surface area (Å²) in [6.45, 7) is 2.31. The summed E-state index contributed by atoms with van der Waals surface area (Å²) in [5.74, 6) is 0.493. The molecule has 0 saturated carbocycles. The van der Waals surface area contributed by atoms with Gasteiger partial charge in [-0.2, -0.15) is 4.98 Å². The maximum Gasteiger partial charge on any atom is 0.256 e. The van der Waals surface area contributed by atoms with Gasteiger partial charge in [0.15, 0.2) is 0 Å². The molecule has 0 spiro atoms. The molecule has 1 aromatic carbocycles. The summed E-state index contributed by atoms with van der Waals surface area (Å²) < 4.78 is 24.3. The van der Waals surface area contributed by atoms with E-state index in [0.717, 1.165) is 18.4 Å². The largest absolute Gasteiger partial charge is 0.364 e. The van der Waals surface area contributed by atoms with E-state index in [1.807, 2.05) is 13.0 Å². The standard InChI is InChI=1S/C14H16FN3O2/c1-8-4-9(6-10(15)5-8)13-17-14(20-18-13)12-3-2-11(7-16)19-12/h4-6,11-12H,2-3,7,16H2,1H3. The first-order valence-corrected chi connectivity index (χ1v) is 6.62. The van der Waals surface area contributed by atoms with E-state index in [0.29, 0.717) is 23.8 Å². The lowest BCUT2D eigenvalue weighted by atomic mass is 10.1. The Balaban J connectivity index is 1.83. The van der Waals surface area contributed by atoms with Gasteiger partial charge in [0.2, 0.25) is 5.82 Å². The minimum absolute atomic E-state index is 0.0479. The van der Waals surface area contributed by atoms with E-state index < -0.39 is 0 Å². The zero-order valence-electron chi connectivity index (χ0n) is 11.2. The van der Waals surface area contributed by atoms with E-state index >= 15 is 0 Å². The normalized spacial score (nSPS) is 22.4. The van der Waals surface area contributed by atoms with Crippen molar-refractivity contribution < 1.29 is 13.7 Å². The van der Waals surface area contributed by atoms with Crippen molar-refractivity contribution in [1.82, 2.24) is 10.1 Å². The Morgan fingerprint density at radius 2 is 2.20 bits per heavy atom. The molecule has 2 heterocycles. The van der Waals surface area contributed by atoms with Gasteiger partial charge in [0.05, 0.1) is 6.10 Å². The average Bonchev–Trinajstić information content (AvgIpc) is 3.06. The number of rotatable bonds is 3. The minimum atomic E-state index is -0.313. The molecule has 2 N–H and O–H groups in total. The van der Waals surface area contributed by atoms with Crippen LogP contribution in [0.1, 0.15) is 30.4 Å². The molecule has 5 nitrogen and oxygen atoms in total. The van der Waals surface area contributed by atoms with Crippen molar-refractivity contribution in [2.75, 3.05) is 6.54 Å². The van der Waals surface area contributed by atoms with Gasteiger partial charge in [-0.05, 0) is 43.5 Å². The lowest BCUT2D eigenvalue weighted by Gasteiger charge is -2.07. The van der Waals surface area contributed by atoms with Crippen molar-refractivity contribution in [2.45, 2.75) is 32.0 Å². The molecule has 2 aromatic rings. The molecule has 2 unspecified atom stereocenters. The smallest absolute Gasteiger partial charge is 0.256 e. The predicted molar refractivity (Wildman–Crippen MR) is 70.3 cm³/mol. The number of aromatic nitrogens is 2. The highest BCUT2D eigenvalue weighted by Crippen LogP contribution is 2.32. The Labute approximate surface area is 115 Å². The monoisotopic (exact) mass is 277 g/mol.